The lowest BCUT2D eigenvalue weighted by Gasteiger charge is -2.07. The Morgan fingerprint density at radius 3 is 2.32 bits per heavy atom. The van der Waals surface area contributed by atoms with Gasteiger partial charge in [0.15, 0.2) is 5.69 Å². The molecule has 0 aliphatic rings. The maximum atomic E-state index is 11.9. The Bertz CT molecular complexity index is 886. The number of aliphatic hydroxyl groups excluding tert-OH is 1. The number of carbonyl (C=O) groups is 2. The summed E-state index contributed by atoms with van der Waals surface area (Å²) in [5.74, 6) is -1.78. The standard InChI is InChI=1S/C15H17N3O6S/c16-25(23,24)18-8-6-12(13(18)15(21)22)10-2-4-11(5-3-10)14(20)17-7-1-9-19/h2-6,8,19H,1,7,9H2,(H,17,20)(H,21,22)(H2,16,23,24). The minimum absolute atomic E-state index is 0.0295. The van der Waals surface area contributed by atoms with Crippen LogP contribution in [0.25, 0.3) is 11.1 Å². The van der Waals surface area contributed by atoms with Crippen LogP contribution in [0.2, 0.25) is 0 Å². The molecule has 5 N–H and O–H groups in total. The lowest BCUT2D eigenvalue weighted by Crippen LogP contribution is -2.25. The van der Waals surface area contributed by atoms with Crippen LogP contribution in [0.4, 0.5) is 0 Å². The number of nitrogens with two attached hydrogens (primary N) is 1. The third kappa shape index (κ3) is 4.24. The molecule has 0 aliphatic heterocycles. The molecule has 0 bridgehead atoms. The van der Waals surface area contributed by atoms with Gasteiger partial charge in [-0.3, -0.25) is 4.79 Å². The molecule has 0 saturated heterocycles. The van der Waals surface area contributed by atoms with Gasteiger partial charge in [0.1, 0.15) is 0 Å². The summed E-state index contributed by atoms with van der Waals surface area (Å²) >= 11 is 0. The summed E-state index contributed by atoms with van der Waals surface area (Å²) in [7, 11) is -4.25. The summed E-state index contributed by atoms with van der Waals surface area (Å²) in [4.78, 5) is 23.3. The second-order valence-electron chi connectivity index (χ2n) is 5.13. The van der Waals surface area contributed by atoms with Crippen molar-refractivity contribution < 1.29 is 28.2 Å². The molecule has 2 rings (SSSR count). The molecule has 1 aromatic carbocycles. The van der Waals surface area contributed by atoms with Gasteiger partial charge in [0.25, 0.3) is 5.91 Å². The van der Waals surface area contributed by atoms with Gasteiger partial charge >= 0.3 is 16.2 Å². The molecule has 0 fully saturated rings. The van der Waals surface area contributed by atoms with Crippen LogP contribution in [-0.4, -0.2) is 47.6 Å². The molecule has 0 saturated carbocycles. The number of carbonyl (C=O) groups excluding carboxylic acids is 1. The Hall–Kier alpha value is -2.69. The number of benzene rings is 1. The average Bonchev–Trinajstić information content (AvgIpc) is 3.00. The fraction of sp³-hybridized carbons (Fsp3) is 0.200. The van der Waals surface area contributed by atoms with Crippen molar-refractivity contribution in [3.05, 3.63) is 47.8 Å². The highest BCUT2D eigenvalue weighted by atomic mass is 32.2. The van der Waals surface area contributed by atoms with E-state index in [0.717, 1.165) is 6.20 Å². The SMILES string of the molecule is NS(=O)(=O)n1ccc(-c2ccc(C(=O)NCCCO)cc2)c1C(=O)O. The molecule has 2 aromatic rings. The molecule has 10 heteroatoms. The van der Waals surface area contributed by atoms with Crippen molar-refractivity contribution in [2.24, 2.45) is 5.14 Å². The van der Waals surface area contributed by atoms with Crippen molar-refractivity contribution in [2.75, 3.05) is 13.2 Å². The van der Waals surface area contributed by atoms with Crippen LogP contribution < -0.4 is 10.5 Å². The molecule has 1 amide bonds. The fourth-order valence-electron chi connectivity index (χ4n) is 2.25. The van der Waals surface area contributed by atoms with E-state index in [9.17, 15) is 23.1 Å². The van der Waals surface area contributed by atoms with Gasteiger partial charge in [-0.2, -0.15) is 8.42 Å². The van der Waals surface area contributed by atoms with E-state index in [4.69, 9.17) is 10.2 Å². The molecule has 1 heterocycles. The Kier molecular flexibility index (Phi) is 5.57. The van der Waals surface area contributed by atoms with E-state index in [1.165, 1.54) is 30.3 Å². The highest BCUT2D eigenvalue weighted by Crippen LogP contribution is 2.26. The van der Waals surface area contributed by atoms with Crippen molar-refractivity contribution in [1.82, 2.24) is 9.29 Å². The Balaban J connectivity index is 2.33. The van der Waals surface area contributed by atoms with Crippen molar-refractivity contribution >= 4 is 22.1 Å². The Labute approximate surface area is 143 Å². The molecule has 134 valence electrons. The van der Waals surface area contributed by atoms with E-state index in [0.29, 0.717) is 28.1 Å². The van der Waals surface area contributed by atoms with Crippen molar-refractivity contribution in [2.45, 2.75) is 6.42 Å². The number of nitrogens with one attached hydrogen (secondary N) is 1. The van der Waals surface area contributed by atoms with E-state index in [2.05, 4.69) is 5.32 Å². The third-order valence-electron chi connectivity index (χ3n) is 3.41. The number of aromatic carboxylic acids is 1. The monoisotopic (exact) mass is 367 g/mol. The lowest BCUT2D eigenvalue weighted by molar-refractivity contribution is 0.0689. The van der Waals surface area contributed by atoms with Crippen LogP contribution in [0, 0.1) is 0 Å². The molecule has 25 heavy (non-hydrogen) atoms. The summed E-state index contributed by atoms with van der Waals surface area (Å²) in [6.07, 6.45) is 1.50. The first-order valence-electron chi connectivity index (χ1n) is 7.23. The molecule has 0 aliphatic carbocycles. The minimum Gasteiger partial charge on any atom is -0.477 e. The molecule has 0 spiro atoms. The first-order valence-corrected chi connectivity index (χ1v) is 8.73. The maximum Gasteiger partial charge on any atom is 0.354 e. The molecule has 9 nitrogen and oxygen atoms in total. The van der Waals surface area contributed by atoms with Crippen LogP contribution in [0.3, 0.4) is 0 Å². The van der Waals surface area contributed by atoms with Crippen molar-refractivity contribution in [3.63, 3.8) is 0 Å². The lowest BCUT2D eigenvalue weighted by atomic mass is 10.0. The number of nitrogens with zero attached hydrogens (tertiary/aromatic N) is 1. The van der Waals surface area contributed by atoms with Gasteiger partial charge in [0, 0.05) is 30.5 Å². The number of carboxylic acids is 1. The summed E-state index contributed by atoms with van der Waals surface area (Å²) in [6.45, 7) is 0.301. The van der Waals surface area contributed by atoms with Gasteiger partial charge in [-0.05, 0) is 30.2 Å². The van der Waals surface area contributed by atoms with Gasteiger partial charge in [-0.25, -0.2) is 13.9 Å². The molecule has 1 aromatic heterocycles. The van der Waals surface area contributed by atoms with Crippen LogP contribution in [0.15, 0.2) is 36.5 Å². The van der Waals surface area contributed by atoms with Gasteiger partial charge in [0.2, 0.25) is 0 Å². The minimum atomic E-state index is -4.25. The number of amides is 1. The van der Waals surface area contributed by atoms with E-state index < -0.39 is 21.9 Å². The molecular formula is C15H17N3O6S. The number of carboxylic acid groups (broad SMARTS) is 1. The predicted molar refractivity (Wildman–Crippen MR) is 89.4 cm³/mol. The first kappa shape index (κ1) is 18.6. The maximum absolute atomic E-state index is 11.9. The summed E-state index contributed by atoms with van der Waals surface area (Å²) in [6, 6.07) is 7.32. The molecule has 0 radical (unpaired) electrons. The van der Waals surface area contributed by atoms with Crippen LogP contribution in [0.5, 0.6) is 0 Å². The highest BCUT2D eigenvalue weighted by molar-refractivity contribution is 7.87. The number of aromatic nitrogens is 1. The Morgan fingerprint density at radius 2 is 1.80 bits per heavy atom. The number of hydrogen-bond donors (Lipinski definition) is 4. The third-order valence-corrected chi connectivity index (χ3v) is 4.26. The Morgan fingerprint density at radius 1 is 1.16 bits per heavy atom. The summed E-state index contributed by atoms with van der Waals surface area (Å²) < 4.78 is 23.4. The predicted octanol–water partition coefficient (Wildman–Crippen LogP) is 0.0171. The van der Waals surface area contributed by atoms with Crippen molar-refractivity contribution in [1.29, 1.82) is 0 Å². The van der Waals surface area contributed by atoms with E-state index in [-0.39, 0.29) is 18.1 Å². The van der Waals surface area contributed by atoms with Crippen LogP contribution >= 0.6 is 0 Å². The van der Waals surface area contributed by atoms with Gasteiger partial charge in [0.05, 0.1) is 0 Å². The van der Waals surface area contributed by atoms with Crippen LogP contribution in [-0.2, 0) is 10.2 Å². The number of rotatable bonds is 7. The number of hydrogen-bond acceptors (Lipinski definition) is 5. The van der Waals surface area contributed by atoms with Crippen molar-refractivity contribution in [3.8, 4) is 11.1 Å². The average molecular weight is 367 g/mol. The number of aliphatic hydroxyl groups is 1. The second kappa shape index (κ2) is 7.47. The zero-order valence-corrected chi connectivity index (χ0v) is 13.9. The second-order valence-corrected chi connectivity index (χ2v) is 6.56. The highest BCUT2D eigenvalue weighted by Gasteiger charge is 2.22. The van der Waals surface area contributed by atoms with E-state index in [1.807, 2.05) is 0 Å². The quantitative estimate of drug-likeness (QED) is 0.506. The fourth-order valence-corrected chi connectivity index (χ4v) is 2.91. The smallest absolute Gasteiger partial charge is 0.354 e. The zero-order chi connectivity index (χ0) is 18.6. The first-order chi connectivity index (χ1) is 11.8. The molecular weight excluding hydrogens is 350 g/mol. The topological polar surface area (TPSA) is 152 Å². The molecule has 0 unspecified atom stereocenters. The summed E-state index contributed by atoms with van der Waals surface area (Å²) in [5.41, 5.74) is 0.451. The zero-order valence-electron chi connectivity index (χ0n) is 13.0. The van der Waals surface area contributed by atoms with Gasteiger partial charge in [-0.1, -0.05) is 12.1 Å². The van der Waals surface area contributed by atoms with Crippen LogP contribution in [0.1, 0.15) is 27.3 Å². The largest absolute Gasteiger partial charge is 0.477 e. The normalized spacial score (nSPS) is 11.3. The molecule has 0 atom stereocenters. The van der Waals surface area contributed by atoms with E-state index in [1.54, 1.807) is 0 Å². The van der Waals surface area contributed by atoms with E-state index >= 15 is 0 Å². The summed E-state index contributed by atoms with van der Waals surface area (Å²) in [5, 5.41) is 25.6. The van der Waals surface area contributed by atoms with Gasteiger partial charge < -0.3 is 15.5 Å². The van der Waals surface area contributed by atoms with Gasteiger partial charge in [-0.15, -0.1) is 0 Å².